The molecule has 7 nitrogen and oxygen atoms in total. The van der Waals surface area contributed by atoms with Gasteiger partial charge in [0.05, 0.1) is 12.0 Å². The number of piperidine rings is 1. The molecular formula is C13H20N2O5S. The molecule has 0 spiro atoms. The van der Waals surface area contributed by atoms with E-state index in [4.69, 9.17) is 4.42 Å². The number of carbonyl (C=O) groups is 1. The fourth-order valence-electron chi connectivity index (χ4n) is 2.49. The number of aryl methyl sites for hydroxylation is 1. The molecule has 0 aromatic carbocycles. The number of hydrogen-bond donors (Lipinski definition) is 2. The summed E-state index contributed by atoms with van der Waals surface area (Å²) in [6.45, 7) is 1.86. The van der Waals surface area contributed by atoms with Crippen LogP contribution in [-0.4, -0.2) is 49.5 Å². The van der Waals surface area contributed by atoms with E-state index in [1.54, 1.807) is 13.0 Å². The third-order valence-corrected chi connectivity index (χ3v) is 5.32. The number of sulfonamides is 1. The molecule has 21 heavy (non-hydrogen) atoms. The topological polar surface area (TPSA) is 99.9 Å². The molecule has 118 valence electrons. The van der Waals surface area contributed by atoms with Gasteiger partial charge in [-0.25, -0.2) is 8.42 Å². The quantitative estimate of drug-likeness (QED) is 0.829. The summed E-state index contributed by atoms with van der Waals surface area (Å²) in [6.07, 6.45) is 0.767. The number of carbonyl (C=O) groups excluding carboxylic acids is 1. The number of amides is 1. The summed E-state index contributed by atoms with van der Waals surface area (Å²) in [5.74, 6) is 0.191. The number of nitrogens with zero attached hydrogens (tertiary/aromatic N) is 1. The van der Waals surface area contributed by atoms with Crippen LogP contribution in [0.1, 0.15) is 25.0 Å². The predicted octanol–water partition coefficient (Wildman–Crippen LogP) is 0.240. The Kier molecular flexibility index (Phi) is 4.40. The van der Waals surface area contributed by atoms with Crippen LogP contribution >= 0.6 is 0 Å². The van der Waals surface area contributed by atoms with Gasteiger partial charge in [-0.3, -0.25) is 4.79 Å². The molecule has 0 bridgehead atoms. The van der Waals surface area contributed by atoms with Crippen molar-refractivity contribution in [1.29, 1.82) is 0 Å². The molecule has 1 amide bonds. The van der Waals surface area contributed by atoms with Crippen LogP contribution in [0.4, 0.5) is 0 Å². The Morgan fingerprint density at radius 3 is 2.81 bits per heavy atom. The molecule has 0 aliphatic carbocycles. The van der Waals surface area contributed by atoms with Crippen molar-refractivity contribution >= 4 is 15.9 Å². The monoisotopic (exact) mass is 316 g/mol. The summed E-state index contributed by atoms with van der Waals surface area (Å²) in [4.78, 5) is 11.5. The summed E-state index contributed by atoms with van der Waals surface area (Å²) in [6, 6.07) is 2.98. The lowest BCUT2D eigenvalue weighted by Gasteiger charge is -2.37. The van der Waals surface area contributed by atoms with Crippen molar-refractivity contribution in [3.63, 3.8) is 0 Å². The zero-order chi connectivity index (χ0) is 15.7. The second-order valence-electron chi connectivity index (χ2n) is 5.38. The largest absolute Gasteiger partial charge is 0.449 e. The van der Waals surface area contributed by atoms with Crippen molar-refractivity contribution in [2.24, 2.45) is 0 Å². The minimum Gasteiger partial charge on any atom is -0.449 e. The molecule has 1 fully saturated rings. The second-order valence-corrected chi connectivity index (χ2v) is 7.25. The molecular weight excluding hydrogens is 296 g/mol. The van der Waals surface area contributed by atoms with Crippen LogP contribution < -0.4 is 5.32 Å². The number of hydrogen-bond acceptors (Lipinski definition) is 5. The van der Waals surface area contributed by atoms with Crippen molar-refractivity contribution in [1.82, 2.24) is 9.62 Å². The highest BCUT2D eigenvalue weighted by atomic mass is 32.2. The number of aliphatic hydroxyl groups is 1. The highest BCUT2D eigenvalue weighted by molar-refractivity contribution is 7.89. The highest BCUT2D eigenvalue weighted by Gasteiger charge is 2.40. The smallest absolute Gasteiger partial charge is 0.276 e. The lowest BCUT2D eigenvalue weighted by Crippen LogP contribution is -2.51. The van der Waals surface area contributed by atoms with Gasteiger partial charge in [-0.05, 0) is 31.9 Å². The van der Waals surface area contributed by atoms with Gasteiger partial charge in [0.2, 0.25) is 11.0 Å². The minimum absolute atomic E-state index is 0.109. The molecule has 1 aromatic rings. The second kappa shape index (κ2) is 5.78. The molecule has 8 heteroatoms. The van der Waals surface area contributed by atoms with E-state index >= 15 is 0 Å². The molecule has 1 unspecified atom stereocenters. The van der Waals surface area contributed by atoms with E-state index in [1.807, 2.05) is 0 Å². The van der Waals surface area contributed by atoms with Gasteiger partial charge in [0.25, 0.3) is 10.0 Å². The van der Waals surface area contributed by atoms with Gasteiger partial charge in [0.15, 0.2) is 0 Å². The van der Waals surface area contributed by atoms with Crippen molar-refractivity contribution in [2.75, 3.05) is 20.1 Å². The number of rotatable bonds is 4. The fourth-order valence-corrected chi connectivity index (χ4v) is 4.00. The molecule has 1 saturated heterocycles. The molecule has 2 heterocycles. The maximum atomic E-state index is 12.5. The molecule has 1 aromatic heterocycles. The van der Waals surface area contributed by atoms with Gasteiger partial charge in [0.1, 0.15) is 5.76 Å². The van der Waals surface area contributed by atoms with Crippen LogP contribution in [0, 0.1) is 6.92 Å². The lowest BCUT2D eigenvalue weighted by atomic mass is 9.90. The number of furan rings is 1. The number of β-amino-alcohol motifs (C(OH)–C–C–N with tert-alkyl or cyclic N) is 1. The van der Waals surface area contributed by atoms with Crippen LogP contribution in [0.15, 0.2) is 21.6 Å². The van der Waals surface area contributed by atoms with Crippen molar-refractivity contribution in [3.8, 4) is 0 Å². The Labute approximate surface area is 124 Å². The Balaban J connectivity index is 2.19. The maximum Gasteiger partial charge on any atom is 0.276 e. The highest BCUT2D eigenvalue weighted by Crippen LogP contribution is 2.29. The maximum absolute atomic E-state index is 12.5. The Morgan fingerprint density at radius 1 is 1.52 bits per heavy atom. The average molecular weight is 316 g/mol. The van der Waals surface area contributed by atoms with E-state index in [0.29, 0.717) is 25.1 Å². The third-order valence-electron chi connectivity index (χ3n) is 3.60. The van der Waals surface area contributed by atoms with Crippen LogP contribution in [0.5, 0.6) is 0 Å². The van der Waals surface area contributed by atoms with Gasteiger partial charge in [-0.1, -0.05) is 0 Å². The van der Waals surface area contributed by atoms with Gasteiger partial charge >= 0.3 is 0 Å². The fraction of sp³-hybridized carbons (Fsp3) is 0.615. The summed E-state index contributed by atoms with van der Waals surface area (Å²) in [7, 11) is -2.30. The van der Waals surface area contributed by atoms with Crippen LogP contribution in [0.3, 0.4) is 0 Å². The molecule has 2 rings (SSSR count). The summed E-state index contributed by atoms with van der Waals surface area (Å²) < 4.78 is 31.3. The standard InChI is InChI=1S/C13H20N2O5S/c1-10-4-5-12(20-10)21(18,19)15-7-3-6-13(17,9-15)8-11(16)14-2/h4-5,17H,3,6-9H2,1-2H3,(H,14,16). The van der Waals surface area contributed by atoms with Crippen LogP contribution in [0.25, 0.3) is 0 Å². The van der Waals surface area contributed by atoms with Gasteiger partial charge < -0.3 is 14.8 Å². The van der Waals surface area contributed by atoms with E-state index in [0.717, 1.165) is 0 Å². The Morgan fingerprint density at radius 2 is 2.24 bits per heavy atom. The molecule has 2 N–H and O–H groups in total. The summed E-state index contributed by atoms with van der Waals surface area (Å²) in [5, 5.41) is 12.8. The van der Waals surface area contributed by atoms with Crippen molar-refractivity contribution in [2.45, 2.75) is 36.9 Å². The Bertz CT molecular complexity index is 624. The first-order valence-electron chi connectivity index (χ1n) is 6.76. The van der Waals surface area contributed by atoms with E-state index in [-0.39, 0.29) is 24.0 Å². The van der Waals surface area contributed by atoms with E-state index in [9.17, 15) is 18.3 Å². The minimum atomic E-state index is -3.78. The summed E-state index contributed by atoms with van der Waals surface area (Å²) in [5.41, 5.74) is -1.34. The zero-order valence-corrected chi connectivity index (χ0v) is 12.9. The van der Waals surface area contributed by atoms with E-state index < -0.39 is 15.6 Å². The summed E-state index contributed by atoms with van der Waals surface area (Å²) >= 11 is 0. The average Bonchev–Trinajstić information content (AvgIpc) is 2.85. The first kappa shape index (κ1) is 16.0. The SMILES string of the molecule is CNC(=O)CC1(O)CCCN(S(=O)(=O)c2ccc(C)o2)C1. The number of nitrogens with one attached hydrogen (secondary N) is 1. The van der Waals surface area contributed by atoms with Crippen molar-refractivity contribution < 1.29 is 22.7 Å². The van der Waals surface area contributed by atoms with Crippen LogP contribution in [0.2, 0.25) is 0 Å². The molecule has 0 saturated carbocycles. The predicted molar refractivity (Wildman–Crippen MR) is 75.1 cm³/mol. The normalized spacial score (nSPS) is 24.0. The van der Waals surface area contributed by atoms with Crippen LogP contribution in [-0.2, 0) is 14.8 Å². The van der Waals surface area contributed by atoms with E-state index in [2.05, 4.69) is 5.32 Å². The molecule has 0 radical (unpaired) electrons. The van der Waals surface area contributed by atoms with Crippen molar-refractivity contribution in [3.05, 3.63) is 17.9 Å². The van der Waals surface area contributed by atoms with Gasteiger partial charge in [0, 0.05) is 20.1 Å². The lowest BCUT2D eigenvalue weighted by molar-refractivity contribution is -0.127. The third kappa shape index (κ3) is 3.45. The zero-order valence-electron chi connectivity index (χ0n) is 12.1. The molecule has 1 aliphatic heterocycles. The van der Waals surface area contributed by atoms with Gasteiger partial charge in [-0.15, -0.1) is 0 Å². The Hall–Kier alpha value is -1.38. The molecule has 1 aliphatic rings. The molecule has 1 atom stereocenters. The first-order chi connectivity index (χ1) is 9.77. The van der Waals surface area contributed by atoms with E-state index in [1.165, 1.54) is 17.4 Å². The van der Waals surface area contributed by atoms with Gasteiger partial charge in [-0.2, -0.15) is 4.31 Å². The first-order valence-corrected chi connectivity index (χ1v) is 8.20.